The van der Waals surface area contributed by atoms with E-state index in [-0.39, 0.29) is 17.4 Å². The molecular weight excluding hydrogens is 388 g/mol. The summed E-state index contributed by atoms with van der Waals surface area (Å²) in [4.78, 5) is 37.3. The molecule has 0 atom stereocenters. The van der Waals surface area contributed by atoms with Crippen molar-refractivity contribution in [3.05, 3.63) is 44.8 Å². The van der Waals surface area contributed by atoms with E-state index in [9.17, 15) is 14.4 Å². The second kappa shape index (κ2) is 8.54. The van der Waals surface area contributed by atoms with Crippen molar-refractivity contribution in [1.82, 2.24) is 0 Å². The van der Waals surface area contributed by atoms with Crippen LogP contribution >= 0.6 is 22.9 Å². The summed E-state index contributed by atoms with van der Waals surface area (Å²) >= 11 is 7.13. The van der Waals surface area contributed by atoms with Gasteiger partial charge in [0.25, 0.3) is 5.91 Å². The first-order valence-corrected chi connectivity index (χ1v) is 9.45. The summed E-state index contributed by atoms with van der Waals surface area (Å²) < 4.78 is 4.81. The molecule has 0 unspecified atom stereocenters. The van der Waals surface area contributed by atoms with Crippen LogP contribution in [0.3, 0.4) is 0 Å². The van der Waals surface area contributed by atoms with E-state index in [1.54, 1.807) is 39.0 Å². The Bertz CT molecular complexity index is 905. The van der Waals surface area contributed by atoms with Gasteiger partial charge in [0.05, 0.1) is 17.6 Å². The Kier molecular flexibility index (Phi) is 6.62. The Hall–Kier alpha value is -2.38. The smallest absolute Gasteiger partial charge is 0.341 e. The topological polar surface area (TPSA) is 84.5 Å². The van der Waals surface area contributed by atoms with Crippen molar-refractivity contribution in [2.45, 2.75) is 27.7 Å². The van der Waals surface area contributed by atoms with Crippen LogP contribution in [0.15, 0.2) is 18.2 Å². The molecule has 2 aromatic rings. The maximum absolute atomic E-state index is 12.7. The summed E-state index contributed by atoms with van der Waals surface area (Å²) in [5.41, 5.74) is 2.06. The Morgan fingerprint density at radius 2 is 1.81 bits per heavy atom. The summed E-state index contributed by atoms with van der Waals surface area (Å²) in [5.74, 6) is -1.53. The van der Waals surface area contributed by atoms with E-state index in [4.69, 9.17) is 16.3 Å². The summed E-state index contributed by atoms with van der Waals surface area (Å²) in [6.45, 7) is 6.99. The number of carbonyl (C=O) groups is 3. The average Bonchev–Trinajstić information content (AvgIpc) is 2.93. The number of anilines is 2. The molecule has 144 valence electrons. The summed E-state index contributed by atoms with van der Waals surface area (Å²) in [6, 6.07) is 5.19. The Balaban J connectivity index is 2.39. The molecule has 0 fully saturated rings. The third kappa shape index (κ3) is 4.67. The van der Waals surface area contributed by atoms with E-state index in [2.05, 4.69) is 10.6 Å². The zero-order valence-corrected chi connectivity index (χ0v) is 17.3. The number of hydrogen-bond acceptors (Lipinski definition) is 5. The summed E-state index contributed by atoms with van der Waals surface area (Å²) in [6.07, 6.45) is 0. The van der Waals surface area contributed by atoms with Gasteiger partial charge in [-0.05, 0) is 37.1 Å². The van der Waals surface area contributed by atoms with Crippen molar-refractivity contribution < 1.29 is 19.1 Å². The van der Waals surface area contributed by atoms with Crippen molar-refractivity contribution in [2.24, 2.45) is 5.92 Å². The molecule has 0 bridgehead atoms. The van der Waals surface area contributed by atoms with Crippen molar-refractivity contribution in [3.63, 3.8) is 0 Å². The van der Waals surface area contributed by atoms with Crippen LogP contribution in [0.4, 0.5) is 10.7 Å². The van der Waals surface area contributed by atoms with E-state index >= 15 is 0 Å². The number of nitrogens with one attached hydrogen (secondary N) is 2. The maximum atomic E-state index is 12.7. The highest BCUT2D eigenvalue weighted by Gasteiger charge is 2.26. The third-order valence-electron chi connectivity index (χ3n) is 3.93. The highest BCUT2D eigenvalue weighted by Crippen LogP contribution is 2.34. The number of esters is 1. The van der Waals surface area contributed by atoms with Gasteiger partial charge in [-0.1, -0.05) is 31.5 Å². The molecule has 0 aliphatic rings. The van der Waals surface area contributed by atoms with E-state index < -0.39 is 11.9 Å². The Labute approximate surface area is 166 Å². The molecular formula is C19H21ClN2O4S. The molecule has 1 heterocycles. The fourth-order valence-electron chi connectivity index (χ4n) is 2.28. The second-order valence-electron chi connectivity index (χ2n) is 6.31. The van der Waals surface area contributed by atoms with Gasteiger partial charge in [-0.3, -0.25) is 9.59 Å². The van der Waals surface area contributed by atoms with Crippen molar-refractivity contribution in [3.8, 4) is 0 Å². The molecule has 0 saturated heterocycles. The first-order valence-electron chi connectivity index (χ1n) is 8.25. The highest BCUT2D eigenvalue weighted by molar-refractivity contribution is 7.18. The molecule has 1 aromatic heterocycles. The number of thiophene rings is 1. The second-order valence-corrected chi connectivity index (χ2v) is 7.74. The van der Waals surface area contributed by atoms with Gasteiger partial charge < -0.3 is 15.4 Å². The van der Waals surface area contributed by atoms with Crippen LogP contribution in [0.2, 0.25) is 5.02 Å². The third-order valence-corrected chi connectivity index (χ3v) is 5.55. The van der Waals surface area contributed by atoms with E-state index in [1.807, 2.05) is 6.92 Å². The SMILES string of the molecule is COC(=O)c1c(NC(=O)C(C)C)sc(C(=O)Nc2ccc(C)c(Cl)c2)c1C. The fraction of sp³-hybridized carbons (Fsp3) is 0.316. The van der Waals surface area contributed by atoms with Crippen molar-refractivity contribution >= 4 is 51.4 Å². The van der Waals surface area contributed by atoms with Crippen LogP contribution in [0.25, 0.3) is 0 Å². The molecule has 2 amide bonds. The molecule has 0 aliphatic carbocycles. The number of halogens is 1. The zero-order valence-electron chi connectivity index (χ0n) is 15.7. The number of hydrogen-bond donors (Lipinski definition) is 2. The maximum Gasteiger partial charge on any atom is 0.341 e. The molecule has 2 N–H and O–H groups in total. The first kappa shape index (κ1) is 20.9. The Morgan fingerprint density at radius 1 is 1.15 bits per heavy atom. The van der Waals surface area contributed by atoms with Gasteiger partial charge in [-0.15, -0.1) is 11.3 Å². The molecule has 27 heavy (non-hydrogen) atoms. The number of rotatable bonds is 5. The van der Waals surface area contributed by atoms with E-state index in [0.29, 0.717) is 26.2 Å². The number of benzene rings is 1. The lowest BCUT2D eigenvalue weighted by atomic mass is 10.1. The number of methoxy groups -OCH3 is 1. The van der Waals surface area contributed by atoms with Crippen LogP contribution in [0.1, 0.15) is 45.0 Å². The average molecular weight is 409 g/mol. The van der Waals surface area contributed by atoms with Gasteiger partial charge >= 0.3 is 5.97 Å². The number of aryl methyl sites for hydroxylation is 1. The minimum Gasteiger partial charge on any atom is -0.465 e. The van der Waals surface area contributed by atoms with Gasteiger partial charge in [0.1, 0.15) is 5.00 Å². The largest absolute Gasteiger partial charge is 0.465 e. The summed E-state index contributed by atoms with van der Waals surface area (Å²) in [5, 5.41) is 6.30. The van der Waals surface area contributed by atoms with Crippen molar-refractivity contribution in [2.75, 3.05) is 17.7 Å². The number of ether oxygens (including phenoxy) is 1. The normalized spacial score (nSPS) is 10.6. The molecule has 0 spiro atoms. The molecule has 8 heteroatoms. The Morgan fingerprint density at radius 3 is 2.37 bits per heavy atom. The van der Waals surface area contributed by atoms with Crippen LogP contribution in [-0.2, 0) is 9.53 Å². The molecule has 1 aromatic carbocycles. The molecule has 0 saturated carbocycles. The number of carbonyl (C=O) groups excluding carboxylic acids is 3. The standard InChI is InChI=1S/C19H21ClN2O4S/c1-9(2)16(23)22-18-14(19(25)26-5)11(4)15(27-18)17(24)21-12-7-6-10(3)13(20)8-12/h6-9H,1-5H3,(H,21,24)(H,22,23). The number of amides is 2. The summed E-state index contributed by atoms with van der Waals surface area (Å²) in [7, 11) is 1.25. The highest BCUT2D eigenvalue weighted by atomic mass is 35.5. The van der Waals surface area contributed by atoms with E-state index in [0.717, 1.165) is 16.9 Å². The monoisotopic (exact) mass is 408 g/mol. The first-order chi connectivity index (χ1) is 12.6. The lowest BCUT2D eigenvalue weighted by Crippen LogP contribution is -2.19. The lowest BCUT2D eigenvalue weighted by molar-refractivity contribution is -0.118. The predicted octanol–water partition coefficient (Wildman–Crippen LogP) is 4.65. The van der Waals surface area contributed by atoms with Crippen LogP contribution < -0.4 is 10.6 Å². The van der Waals surface area contributed by atoms with Gasteiger partial charge in [0.15, 0.2) is 0 Å². The fourth-order valence-corrected chi connectivity index (χ4v) is 3.55. The predicted molar refractivity (Wildman–Crippen MR) is 108 cm³/mol. The molecule has 6 nitrogen and oxygen atoms in total. The molecule has 0 aliphatic heterocycles. The van der Waals surface area contributed by atoms with Crippen LogP contribution in [0.5, 0.6) is 0 Å². The van der Waals surface area contributed by atoms with Crippen LogP contribution in [0, 0.1) is 19.8 Å². The quantitative estimate of drug-likeness (QED) is 0.705. The minimum absolute atomic E-state index is 0.184. The zero-order chi connectivity index (χ0) is 20.3. The van der Waals surface area contributed by atoms with E-state index in [1.165, 1.54) is 7.11 Å². The minimum atomic E-state index is -0.611. The molecule has 2 rings (SSSR count). The van der Waals surface area contributed by atoms with Gasteiger partial charge in [-0.25, -0.2) is 4.79 Å². The van der Waals surface area contributed by atoms with Crippen LogP contribution in [-0.4, -0.2) is 24.9 Å². The lowest BCUT2D eigenvalue weighted by Gasteiger charge is -2.07. The van der Waals surface area contributed by atoms with Crippen molar-refractivity contribution in [1.29, 1.82) is 0 Å². The molecule has 0 radical (unpaired) electrons. The van der Waals surface area contributed by atoms with Gasteiger partial charge in [0, 0.05) is 16.6 Å². The van der Waals surface area contributed by atoms with Gasteiger partial charge in [-0.2, -0.15) is 0 Å². The van der Waals surface area contributed by atoms with Gasteiger partial charge in [0.2, 0.25) is 5.91 Å².